The SMILES string of the molecule is COCCN(CC(=O)OC)C(=O)/C=C/c1c(F)cccc1F. The van der Waals surface area contributed by atoms with Gasteiger partial charge in [-0.2, -0.15) is 0 Å². The minimum absolute atomic E-state index is 0.147. The molecule has 0 aliphatic heterocycles. The molecule has 0 aromatic heterocycles. The van der Waals surface area contributed by atoms with E-state index in [-0.39, 0.29) is 25.3 Å². The van der Waals surface area contributed by atoms with Gasteiger partial charge in [-0.05, 0) is 18.2 Å². The Hall–Kier alpha value is -2.28. The molecule has 0 spiro atoms. The van der Waals surface area contributed by atoms with Gasteiger partial charge in [-0.1, -0.05) is 6.07 Å². The number of carbonyl (C=O) groups excluding carboxylic acids is 2. The van der Waals surface area contributed by atoms with Crippen molar-refractivity contribution in [1.29, 1.82) is 0 Å². The van der Waals surface area contributed by atoms with Crippen LogP contribution in [0.4, 0.5) is 8.78 Å². The number of hydrogen-bond acceptors (Lipinski definition) is 4. The second-order valence-electron chi connectivity index (χ2n) is 4.30. The number of esters is 1. The zero-order valence-corrected chi connectivity index (χ0v) is 12.3. The summed E-state index contributed by atoms with van der Waals surface area (Å²) < 4.78 is 36.3. The number of carbonyl (C=O) groups is 2. The summed E-state index contributed by atoms with van der Waals surface area (Å²) in [5, 5.41) is 0. The second kappa shape index (κ2) is 8.89. The number of nitrogens with zero attached hydrogens (tertiary/aromatic N) is 1. The fourth-order valence-corrected chi connectivity index (χ4v) is 1.62. The lowest BCUT2D eigenvalue weighted by Gasteiger charge is -2.19. The molecule has 1 aromatic carbocycles. The van der Waals surface area contributed by atoms with Crippen molar-refractivity contribution in [3.8, 4) is 0 Å². The average molecular weight is 313 g/mol. The lowest BCUT2D eigenvalue weighted by Crippen LogP contribution is -2.37. The normalized spacial score (nSPS) is 10.7. The standard InChI is InChI=1S/C15H17F2NO4/c1-21-9-8-18(10-15(20)22-2)14(19)7-6-11-12(16)4-3-5-13(11)17/h3-7H,8-10H2,1-2H3/b7-6+. The van der Waals surface area contributed by atoms with E-state index in [2.05, 4.69) is 4.74 Å². The Morgan fingerprint density at radius 1 is 1.23 bits per heavy atom. The van der Waals surface area contributed by atoms with E-state index in [9.17, 15) is 18.4 Å². The van der Waals surface area contributed by atoms with E-state index in [4.69, 9.17) is 4.74 Å². The summed E-state index contributed by atoms with van der Waals surface area (Å²) in [5.41, 5.74) is -0.319. The number of benzene rings is 1. The van der Waals surface area contributed by atoms with E-state index in [0.29, 0.717) is 0 Å². The van der Waals surface area contributed by atoms with Crippen LogP contribution in [0.1, 0.15) is 5.56 Å². The van der Waals surface area contributed by atoms with E-state index in [1.54, 1.807) is 0 Å². The van der Waals surface area contributed by atoms with Gasteiger partial charge >= 0.3 is 5.97 Å². The van der Waals surface area contributed by atoms with Crippen LogP contribution in [0.2, 0.25) is 0 Å². The molecule has 0 heterocycles. The van der Waals surface area contributed by atoms with Gasteiger partial charge in [0.1, 0.15) is 18.2 Å². The van der Waals surface area contributed by atoms with Crippen LogP contribution in [0.25, 0.3) is 6.08 Å². The third-order valence-electron chi connectivity index (χ3n) is 2.82. The van der Waals surface area contributed by atoms with Crippen LogP contribution in [0, 0.1) is 11.6 Å². The number of halogens is 2. The Bertz CT molecular complexity index is 540. The molecule has 0 aliphatic rings. The molecule has 5 nitrogen and oxygen atoms in total. The molecule has 0 radical (unpaired) electrons. The molecule has 0 aliphatic carbocycles. The zero-order valence-electron chi connectivity index (χ0n) is 12.3. The Balaban J connectivity index is 2.85. The van der Waals surface area contributed by atoms with Crippen molar-refractivity contribution in [3.05, 3.63) is 41.5 Å². The smallest absolute Gasteiger partial charge is 0.325 e. The maximum absolute atomic E-state index is 13.5. The van der Waals surface area contributed by atoms with Gasteiger partial charge in [0, 0.05) is 25.3 Å². The summed E-state index contributed by atoms with van der Waals surface area (Å²) in [4.78, 5) is 24.5. The molecule has 120 valence electrons. The van der Waals surface area contributed by atoms with E-state index in [1.165, 1.54) is 20.3 Å². The highest BCUT2D eigenvalue weighted by Crippen LogP contribution is 2.13. The van der Waals surface area contributed by atoms with Gasteiger partial charge in [-0.3, -0.25) is 9.59 Å². The molecule has 0 atom stereocenters. The predicted molar refractivity (Wildman–Crippen MR) is 75.9 cm³/mol. The topological polar surface area (TPSA) is 55.8 Å². The number of hydrogen-bond donors (Lipinski definition) is 0. The third-order valence-corrected chi connectivity index (χ3v) is 2.82. The van der Waals surface area contributed by atoms with E-state index < -0.39 is 23.5 Å². The molecule has 7 heteroatoms. The fourth-order valence-electron chi connectivity index (χ4n) is 1.62. The van der Waals surface area contributed by atoms with Crippen molar-refractivity contribution < 1.29 is 27.8 Å². The molecule has 1 aromatic rings. The van der Waals surface area contributed by atoms with Crippen molar-refractivity contribution in [1.82, 2.24) is 4.90 Å². The second-order valence-corrected chi connectivity index (χ2v) is 4.30. The minimum Gasteiger partial charge on any atom is -0.468 e. The molecular weight excluding hydrogens is 296 g/mol. The number of amides is 1. The molecule has 0 saturated heterocycles. The molecule has 0 fully saturated rings. The van der Waals surface area contributed by atoms with Gasteiger partial charge < -0.3 is 14.4 Å². The first-order chi connectivity index (χ1) is 10.5. The van der Waals surface area contributed by atoms with E-state index in [1.807, 2.05) is 0 Å². The van der Waals surface area contributed by atoms with Crippen molar-refractivity contribution in [3.63, 3.8) is 0 Å². The van der Waals surface area contributed by atoms with Crippen LogP contribution in [0.15, 0.2) is 24.3 Å². The molecule has 0 saturated carbocycles. The van der Waals surface area contributed by atoms with Crippen molar-refractivity contribution >= 4 is 18.0 Å². The average Bonchev–Trinajstić information content (AvgIpc) is 2.50. The highest BCUT2D eigenvalue weighted by Gasteiger charge is 2.15. The number of ether oxygens (including phenoxy) is 2. The van der Waals surface area contributed by atoms with Gasteiger partial charge in [-0.25, -0.2) is 8.78 Å². The minimum atomic E-state index is -0.777. The highest BCUT2D eigenvalue weighted by atomic mass is 19.1. The van der Waals surface area contributed by atoms with Gasteiger partial charge in [-0.15, -0.1) is 0 Å². The van der Waals surface area contributed by atoms with E-state index >= 15 is 0 Å². The molecular formula is C15H17F2NO4. The Morgan fingerprint density at radius 2 is 1.86 bits per heavy atom. The summed E-state index contributed by atoms with van der Waals surface area (Å²) in [5.74, 6) is -2.74. The first kappa shape index (κ1) is 17.8. The molecule has 0 bridgehead atoms. The quantitative estimate of drug-likeness (QED) is 0.567. The molecule has 1 rings (SSSR count). The van der Waals surface area contributed by atoms with Crippen LogP contribution in [-0.4, -0.2) is 50.7 Å². The van der Waals surface area contributed by atoms with Gasteiger partial charge in [0.2, 0.25) is 5.91 Å². The number of methoxy groups -OCH3 is 2. The summed E-state index contributed by atoms with van der Waals surface area (Å²) in [6.45, 7) is 0.0853. The molecule has 1 amide bonds. The van der Waals surface area contributed by atoms with Crippen LogP contribution >= 0.6 is 0 Å². The summed E-state index contributed by atoms with van der Waals surface area (Å²) in [7, 11) is 2.65. The van der Waals surface area contributed by atoms with Crippen LogP contribution < -0.4 is 0 Å². The van der Waals surface area contributed by atoms with Crippen LogP contribution in [0.3, 0.4) is 0 Å². The largest absolute Gasteiger partial charge is 0.468 e. The Morgan fingerprint density at radius 3 is 2.41 bits per heavy atom. The fraction of sp³-hybridized carbons (Fsp3) is 0.333. The van der Waals surface area contributed by atoms with Gasteiger partial charge in [0.15, 0.2) is 0 Å². The molecule has 22 heavy (non-hydrogen) atoms. The molecule has 0 N–H and O–H groups in total. The summed E-state index contributed by atoms with van der Waals surface area (Å²) in [6, 6.07) is 3.40. The Labute approximate surface area is 127 Å². The maximum Gasteiger partial charge on any atom is 0.325 e. The first-order valence-electron chi connectivity index (χ1n) is 6.46. The third kappa shape index (κ3) is 5.25. The van der Waals surface area contributed by atoms with Gasteiger partial charge in [0.25, 0.3) is 0 Å². The summed E-state index contributed by atoms with van der Waals surface area (Å²) >= 11 is 0. The number of rotatable bonds is 7. The summed E-state index contributed by atoms with van der Waals surface area (Å²) in [6.07, 6.45) is 2.03. The van der Waals surface area contributed by atoms with Crippen molar-refractivity contribution in [2.75, 3.05) is 33.9 Å². The Kier molecular flexibility index (Phi) is 7.18. The van der Waals surface area contributed by atoms with Crippen LogP contribution in [0.5, 0.6) is 0 Å². The lowest BCUT2D eigenvalue weighted by molar-refractivity contribution is -0.145. The highest BCUT2D eigenvalue weighted by molar-refractivity contribution is 5.93. The molecule has 0 unspecified atom stereocenters. The van der Waals surface area contributed by atoms with Crippen LogP contribution in [-0.2, 0) is 19.1 Å². The maximum atomic E-state index is 13.5. The van der Waals surface area contributed by atoms with Crippen molar-refractivity contribution in [2.45, 2.75) is 0 Å². The van der Waals surface area contributed by atoms with Crippen molar-refractivity contribution in [2.24, 2.45) is 0 Å². The first-order valence-corrected chi connectivity index (χ1v) is 6.46. The predicted octanol–water partition coefficient (Wildman–Crippen LogP) is 1.63. The van der Waals surface area contributed by atoms with Gasteiger partial charge in [0.05, 0.1) is 13.7 Å². The zero-order chi connectivity index (χ0) is 16.5. The lowest BCUT2D eigenvalue weighted by atomic mass is 10.2. The van der Waals surface area contributed by atoms with E-state index in [0.717, 1.165) is 29.2 Å². The monoisotopic (exact) mass is 313 g/mol.